The summed E-state index contributed by atoms with van der Waals surface area (Å²) >= 11 is 0. The van der Waals surface area contributed by atoms with Crippen LogP contribution in [0.1, 0.15) is 97.3 Å². The monoisotopic (exact) mass is 396 g/mol. The molecule has 1 aliphatic carbocycles. The standard InChI is InChI=1S/C23H45N3O2/c1-19(2)22(23(28)25-18-11-6-4-5-10-17-24)26(3)21(27)16-12-15-20-13-8-7-9-14-20/h19-20,22H,4-18,24H2,1-3H3,(H,25,28)/p+1. The molecule has 1 unspecified atom stereocenters. The van der Waals surface area contributed by atoms with Gasteiger partial charge in [0.05, 0.1) is 6.54 Å². The highest BCUT2D eigenvalue weighted by atomic mass is 16.2. The molecule has 5 heteroatoms. The third kappa shape index (κ3) is 9.90. The van der Waals surface area contributed by atoms with Crippen LogP contribution in [0.5, 0.6) is 0 Å². The first-order chi connectivity index (χ1) is 13.5. The molecule has 1 atom stereocenters. The second kappa shape index (κ2) is 14.8. The van der Waals surface area contributed by atoms with Crippen LogP contribution in [0.25, 0.3) is 0 Å². The van der Waals surface area contributed by atoms with Crippen molar-refractivity contribution in [3.63, 3.8) is 0 Å². The van der Waals surface area contributed by atoms with E-state index in [1.807, 2.05) is 13.8 Å². The summed E-state index contributed by atoms with van der Waals surface area (Å²) in [6.07, 6.45) is 15.2. The number of nitrogens with zero attached hydrogens (tertiary/aromatic N) is 1. The molecule has 5 nitrogen and oxygen atoms in total. The van der Waals surface area contributed by atoms with Crippen molar-refractivity contribution in [2.24, 2.45) is 11.8 Å². The van der Waals surface area contributed by atoms with Crippen molar-refractivity contribution in [1.82, 2.24) is 10.2 Å². The van der Waals surface area contributed by atoms with Crippen LogP contribution in [0.2, 0.25) is 0 Å². The maximum atomic E-state index is 12.7. The lowest BCUT2D eigenvalue weighted by Gasteiger charge is -2.30. The third-order valence-corrected chi connectivity index (χ3v) is 6.16. The summed E-state index contributed by atoms with van der Waals surface area (Å²) in [5, 5.41) is 3.05. The number of hydrogen-bond donors (Lipinski definition) is 2. The van der Waals surface area contributed by atoms with Crippen molar-refractivity contribution in [3.05, 3.63) is 0 Å². The summed E-state index contributed by atoms with van der Waals surface area (Å²) in [5.41, 5.74) is 3.86. The van der Waals surface area contributed by atoms with Gasteiger partial charge in [-0.2, -0.15) is 0 Å². The molecule has 1 rings (SSSR count). The number of carbonyl (C=O) groups is 2. The van der Waals surface area contributed by atoms with Gasteiger partial charge in [-0.05, 0) is 43.9 Å². The topological polar surface area (TPSA) is 77.1 Å². The Hall–Kier alpha value is -1.10. The summed E-state index contributed by atoms with van der Waals surface area (Å²) < 4.78 is 0. The molecule has 0 saturated heterocycles. The van der Waals surface area contributed by atoms with Crippen LogP contribution in [0, 0.1) is 11.8 Å². The lowest BCUT2D eigenvalue weighted by molar-refractivity contribution is -0.368. The molecular weight excluding hydrogens is 350 g/mol. The van der Waals surface area contributed by atoms with Crippen LogP contribution in [-0.2, 0) is 9.59 Å². The third-order valence-electron chi connectivity index (χ3n) is 6.16. The van der Waals surface area contributed by atoms with E-state index in [0.717, 1.165) is 38.1 Å². The largest absolute Gasteiger partial charge is 0.358 e. The Kier molecular flexibility index (Phi) is 13.2. The van der Waals surface area contributed by atoms with Gasteiger partial charge in [-0.3, -0.25) is 9.59 Å². The van der Waals surface area contributed by atoms with E-state index in [1.165, 1.54) is 51.4 Å². The van der Waals surface area contributed by atoms with E-state index >= 15 is 0 Å². The minimum atomic E-state index is -0.367. The van der Waals surface area contributed by atoms with Crippen LogP contribution < -0.4 is 11.1 Å². The van der Waals surface area contributed by atoms with Crippen LogP contribution in [-0.4, -0.2) is 42.9 Å². The Morgan fingerprint density at radius 3 is 2.29 bits per heavy atom. The van der Waals surface area contributed by atoms with Crippen molar-refractivity contribution in [1.29, 1.82) is 0 Å². The van der Waals surface area contributed by atoms with Crippen LogP contribution in [0.15, 0.2) is 0 Å². The zero-order chi connectivity index (χ0) is 20.8. The molecule has 1 fully saturated rings. The number of unbranched alkanes of at least 4 members (excludes halogenated alkanes) is 4. The average Bonchev–Trinajstić information content (AvgIpc) is 2.67. The Morgan fingerprint density at radius 2 is 1.64 bits per heavy atom. The van der Waals surface area contributed by atoms with Gasteiger partial charge >= 0.3 is 0 Å². The van der Waals surface area contributed by atoms with E-state index in [4.69, 9.17) is 0 Å². The van der Waals surface area contributed by atoms with Crippen molar-refractivity contribution in [3.8, 4) is 0 Å². The Labute approximate surface area is 173 Å². The smallest absolute Gasteiger partial charge is 0.243 e. The van der Waals surface area contributed by atoms with Crippen LogP contribution >= 0.6 is 0 Å². The zero-order valence-electron chi connectivity index (χ0n) is 18.8. The Morgan fingerprint density at radius 1 is 1.00 bits per heavy atom. The molecule has 1 aliphatic rings. The van der Waals surface area contributed by atoms with E-state index in [2.05, 4.69) is 11.1 Å². The lowest BCUT2D eigenvalue weighted by atomic mass is 9.86. The van der Waals surface area contributed by atoms with Crippen molar-refractivity contribution in [2.75, 3.05) is 20.1 Å². The summed E-state index contributed by atoms with van der Waals surface area (Å²) in [7, 11) is 1.80. The van der Waals surface area contributed by atoms with E-state index in [0.29, 0.717) is 13.0 Å². The summed E-state index contributed by atoms with van der Waals surface area (Å²) in [4.78, 5) is 27.0. The molecule has 0 aromatic carbocycles. The molecule has 0 heterocycles. The average molecular weight is 397 g/mol. The van der Waals surface area contributed by atoms with Gasteiger partial charge < -0.3 is 16.0 Å². The predicted molar refractivity (Wildman–Crippen MR) is 116 cm³/mol. The van der Waals surface area contributed by atoms with Gasteiger partial charge in [0, 0.05) is 20.0 Å². The van der Waals surface area contributed by atoms with Gasteiger partial charge in [0.15, 0.2) is 0 Å². The SMILES string of the molecule is CC(C)C(C(=O)NCCCCCCC[NH3+])N(C)C(=O)CCCC1CCCCC1. The lowest BCUT2D eigenvalue weighted by Crippen LogP contribution is -2.50. The number of carbonyl (C=O) groups excluding carboxylic acids is 2. The molecule has 0 aliphatic heterocycles. The molecule has 0 spiro atoms. The van der Waals surface area contributed by atoms with Crippen molar-refractivity contribution < 1.29 is 15.3 Å². The summed E-state index contributed by atoms with van der Waals surface area (Å²) in [6.45, 7) is 5.76. The van der Waals surface area contributed by atoms with Gasteiger partial charge in [0.25, 0.3) is 0 Å². The molecule has 164 valence electrons. The molecule has 28 heavy (non-hydrogen) atoms. The minimum absolute atomic E-state index is 0.00381. The Bertz CT molecular complexity index is 434. The fourth-order valence-electron chi connectivity index (χ4n) is 4.42. The maximum Gasteiger partial charge on any atom is 0.243 e. The molecular formula is C23H46N3O2+. The number of amides is 2. The number of nitrogens with one attached hydrogen (secondary N) is 1. The second-order valence-corrected chi connectivity index (χ2v) is 9.00. The highest BCUT2D eigenvalue weighted by Gasteiger charge is 2.29. The fraction of sp³-hybridized carbons (Fsp3) is 0.913. The van der Waals surface area contributed by atoms with Gasteiger partial charge in [-0.1, -0.05) is 58.8 Å². The van der Waals surface area contributed by atoms with E-state index in [9.17, 15) is 9.59 Å². The van der Waals surface area contributed by atoms with Gasteiger partial charge in [0.2, 0.25) is 11.8 Å². The molecule has 1 saturated carbocycles. The van der Waals surface area contributed by atoms with E-state index in [-0.39, 0.29) is 23.8 Å². The summed E-state index contributed by atoms with van der Waals surface area (Å²) in [6, 6.07) is -0.367. The number of hydrogen-bond acceptors (Lipinski definition) is 2. The van der Waals surface area contributed by atoms with E-state index < -0.39 is 0 Å². The molecule has 0 aromatic rings. The second-order valence-electron chi connectivity index (χ2n) is 9.00. The molecule has 0 aromatic heterocycles. The fourth-order valence-corrected chi connectivity index (χ4v) is 4.42. The van der Waals surface area contributed by atoms with E-state index in [1.54, 1.807) is 11.9 Å². The van der Waals surface area contributed by atoms with Crippen LogP contribution in [0.4, 0.5) is 0 Å². The number of likely N-dealkylation sites (N-methyl/N-ethyl adjacent to an activating group) is 1. The first-order valence-electron chi connectivity index (χ1n) is 11.8. The molecule has 0 bridgehead atoms. The van der Waals surface area contributed by atoms with Crippen molar-refractivity contribution >= 4 is 11.8 Å². The normalized spacial score (nSPS) is 16.2. The molecule has 4 N–H and O–H groups in total. The predicted octanol–water partition coefficient (Wildman–Crippen LogP) is 3.53. The van der Waals surface area contributed by atoms with Crippen molar-refractivity contribution in [2.45, 2.75) is 103 Å². The quantitative estimate of drug-likeness (QED) is 0.441. The van der Waals surface area contributed by atoms with Gasteiger partial charge in [0.1, 0.15) is 6.04 Å². The molecule has 0 radical (unpaired) electrons. The number of quaternary nitrogens is 1. The molecule has 2 amide bonds. The maximum absolute atomic E-state index is 12.7. The highest BCUT2D eigenvalue weighted by molar-refractivity contribution is 5.87. The zero-order valence-corrected chi connectivity index (χ0v) is 18.8. The van der Waals surface area contributed by atoms with Gasteiger partial charge in [-0.25, -0.2) is 0 Å². The summed E-state index contributed by atoms with van der Waals surface area (Å²) in [5.74, 6) is 1.03. The van der Waals surface area contributed by atoms with Gasteiger partial charge in [-0.15, -0.1) is 0 Å². The minimum Gasteiger partial charge on any atom is -0.358 e. The van der Waals surface area contributed by atoms with Crippen LogP contribution in [0.3, 0.4) is 0 Å². The first-order valence-corrected chi connectivity index (χ1v) is 11.8. The highest BCUT2D eigenvalue weighted by Crippen LogP contribution is 2.27. The Balaban J connectivity index is 2.32. The number of rotatable bonds is 14. The first kappa shape index (κ1) is 24.9.